The second-order valence-corrected chi connectivity index (χ2v) is 6.16. The highest BCUT2D eigenvalue weighted by Gasteiger charge is 2.20. The van der Waals surface area contributed by atoms with Crippen molar-refractivity contribution < 1.29 is 19.0 Å². The molecule has 0 aromatic heterocycles. The molecular formula is C21H27NO4. The van der Waals surface area contributed by atoms with Gasteiger partial charge in [-0.1, -0.05) is 25.1 Å². The largest absolute Gasteiger partial charge is 0.493 e. The third kappa shape index (κ3) is 4.91. The number of ether oxygens (including phenoxy) is 3. The summed E-state index contributed by atoms with van der Waals surface area (Å²) in [4.78, 5) is 12.6. The van der Waals surface area contributed by atoms with Crippen LogP contribution in [0, 0.1) is 6.92 Å². The second kappa shape index (κ2) is 9.13. The predicted octanol–water partition coefficient (Wildman–Crippen LogP) is 4.05. The molecule has 0 saturated heterocycles. The third-order valence-corrected chi connectivity index (χ3v) is 4.21. The van der Waals surface area contributed by atoms with Crippen molar-refractivity contribution in [1.82, 2.24) is 5.32 Å². The minimum absolute atomic E-state index is 0.133. The molecule has 0 radical (unpaired) electrons. The van der Waals surface area contributed by atoms with E-state index in [0.717, 1.165) is 17.5 Å². The normalized spacial score (nSPS) is 12.8. The van der Waals surface area contributed by atoms with Crippen molar-refractivity contribution in [3.05, 3.63) is 53.6 Å². The quantitative estimate of drug-likeness (QED) is 0.774. The van der Waals surface area contributed by atoms with Crippen molar-refractivity contribution in [1.29, 1.82) is 0 Å². The second-order valence-electron chi connectivity index (χ2n) is 6.16. The number of benzene rings is 2. The van der Waals surface area contributed by atoms with Crippen molar-refractivity contribution in [2.24, 2.45) is 0 Å². The van der Waals surface area contributed by atoms with Crippen molar-refractivity contribution in [2.75, 3.05) is 14.2 Å². The number of rotatable bonds is 8. The average Bonchev–Trinajstić information content (AvgIpc) is 2.65. The molecule has 5 nitrogen and oxygen atoms in total. The number of methoxy groups -OCH3 is 2. The summed E-state index contributed by atoms with van der Waals surface area (Å²) in [6.07, 6.45) is 0.157. The number of nitrogens with one attached hydrogen (secondary N) is 1. The van der Waals surface area contributed by atoms with Crippen LogP contribution in [0.4, 0.5) is 0 Å². The summed E-state index contributed by atoms with van der Waals surface area (Å²) >= 11 is 0. The van der Waals surface area contributed by atoms with Gasteiger partial charge in [0.1, 0.15) is 5.75 Å². The van der Waals surface area contributed by atoms with E-state index >= 15 is 0 Å². The van der Waals surface area contributed by atoms with Gasteiger partial charge < -0.3 is 19.5 Å². The summed E-state index contributed by atoms with van der Waals surface area (Å²) in [5.74, 6) is 1.83. The van der Waals surface area contributed by atoms with Crippen molar-refractivity contribution in [3.8, 4) is 17.2 Å². The van der Waals surface area contributed by atoms with E-state index in [-0.39, 0.29) is 11.9 Å². The third-order valence-electron chi connectivity index (χ3n) is 4.21. The Labute approximate surface area is 155 Å². The number of aryl methyl sites for hydroxylation is 1. The molecule has 0 aliphatic carbocycles. The molecule has 1 N–H and O–H groups in total. The van der Waals surface area contributed by atoms with Gasteiger partial charge in [-0.2, -0.15) is 0 Å². The molecule has 0 aliphatic rings. The summed E-state index contributed by atoms with van der Waals surface area (Å²) in [7, 11) is 3.19. The molecule has 2 rings (SSSR count). The number of hydrogen-bond acceptors (Lipinski definition) is 4. The summed E-state index contributed by atoms with van der Waals surface area (Å²) < 4.78 is 16.4. The fourth-order valence-corrected chi connectivity index (χ4v) is 2.73. The summed E-state index contributed by atoms with van der Waals surface area (Å²) in [5, 5.41) is 3.05. The van der Waals surface area contributed by atoms with Crippen LogP contribution < -0.4 is 19.5 Å². The molecule has 0 heterocycles. The first kappa shape index (κ1) is 19.6. The van der Waals surface area contributed by atoms with Gasteiger partial charge in [0.2, 0.25) is 0 Å². The summed E-state index contributed by atoms with van der Waals surface area (Å²) in [6, 6.07) is 13.2. The molecule has 0 aliphatic heterocycles. The highest BCUT2D eigenvalue weighted by atomic mass is 16.5. The van der Waals surface area contributed by atoms with Crippen LogP contribution >= 0.6 is 0 Å². The lowest BCUT2D eigenvalue weighted by Gasteiger charge is -2.22. The van der Waals surface area contributed by atoms with Crippen LogP contribution in [0.1, 0.15) is 37.4 Å². The van der Waals surface area contributed by atoms with Crippen LogP contribution in [-0.4, -0.2) is 26.2 Å². The predicted molar refractivity (Wildman–Crippen MR) is 102 cm³/mol. The Kier molecular flexibility index (Phi) is 6.89. The van der Waals surface area contributed by atoms with Crippen LogP contribution in [0.2, 0.25) is 0 Å². The monoisotopic (exact) mass is 357 g/mol. The molecule has 2 aromatic carbocycles. The molecule has 5 heteroatoms. The van der Waals surface area contributed by atoms with Gasteiger partial charge in [-0.05, 0) is 55.7 Å². The van der Waals surface area contributed by atoms with E-state index < -0.39 is 6.10 Å². The number of amides is 1. The first-order chi connectivity index (χ1) is 12.5. The van der Waals surface area contributed by atoms with E-state index in [4.69, 9.17) is 14.2 Å². The molecule has 1 amide bonds. The van der Waals surface area contributed by atoms with Crippen LogP contribution in [0.25, 0.3) is 0 Å². The maximum atomic E-state index is 12.6. The zero-order chi connectivity index (χ0) is 19.1. The number of hydrogen-bond donors (Lipinski definition) is 1. The first-order valence-electron chi connectivity index (χ1n) is 8.74. The van der Waals surface area contributed by atoms with Gasteiger partial charge in [0.15, 0.2) is 17.6 Å². The molecule has 2 aromatic rings. The topological polar surface area (TPSA) is 56.8 Å². The van der Waals surface area contributed by atoms with Crippen LogP contribution in [0.15, 0.2) is 42.5 Å². The number of carbonyl (C=O) groups excluding carboxylic acids is 1. The molecule has 140 valence electrons. The van der Waals surface area contributed by atoms with Gasteiger partial charge in [0.05, 0.1) is 20.3 Å². The molecule has 0 spiro atoms. The molecule has 0 fully saturated rings. The Morgan fingerprint density at radius 3 is 2.42 bits per heavy atom. The fraction of sp³-hybridized carbons (Fsp3) is 0.381. The smallest absolute Gasteiger partial charge is 0.261 e. The van der Waals surface area contributed by atoms with Crippen molar-refractivity contribution in [3.63, 3.8) is 0 Å². The number of carbonyl (C=O) groups is 1. The van der Waals surface area contributed by atoms with Gasteiger partial charge in [-0.3, -0.25) is 4.79 Å². The van der Waals surface area contributed by atoms with Crippen LogP contribution in [0.3, 0.4) is 0 Å². The van der Waals surface area contributed by atoms with E-state index in [1.54, 1.807) is 21.1 Å². The Morgan fingerprint density at radius 1 is 1.08 bits per heavy atom. The molecule has 0 bridgehead atoms. The molecule has 0 saturated carbocycles. The van der Waals surface area contributed by atoms with Gasteiger partial charge in [-0.15, -0.1) is 0 Å². The van der Waals surface area contributed by atoms with E-state index in [1.807, 2.05) is 56.3 Å². The van der Waals surface area contributed by atoms with Crippen molar-refractivity contribution in [2.45, 2.75) is 39.3 Å². The maximum Gasteiger partial charge on any atom is 0.261 e. The van der Waals surface area contributed by atoms with Gasteiger partial charge >= 0.3 is 0 Å². The fourth-order valence-electron chi connectivity index (χ4n) is 2.73. The lowest BCUT2D eigenvalue weighted by molar-refractivity contribution is -0.128. The molecule has 0 unspecified atom stereocenters. The SMILES string of the molecule is CC[C@@H](NC(=O)[C@@H](C)Oc1cccc(C)c1)c1ccc(OC)c(OC)c1. The zero-order valence-electron chi connectivity index (χ0n) is 16.0. The average molecular weight is 357 g/mol. The minimum atomic E-state index is -0.592. The van der Waals surface area contributed by atoms with Crippen LogP contribution in [0.5, 0.6) is 17.2 Å². The van der Waals surface area contributed by atoms with Gasteiger partial charge in [0.25, 0.3) is 5.91 Å². The van der Waals surface area contributed by atoms with E-state index in [2.05, 4.69) is 5.32 Å². The lowest BCUT2D eigenvalue weighted by atomic mass is 10.0. The summed E-state index contributed by atoms with van der Waals surface area (Å²) in [5.41, 5.74) is 2.05. The lowest BCUT2D eigenvalue weighted by Crippen LogP contribution is -2.38. The van der Waals surface area contributed by atoms with Crippen molar-refractivity contribution >= 4 is 5.91 Å². The Balaban J connectivity index is 2.07. The Morgan fingerprint density at radius 2 is 1.81 bits per heavy atom. The zero-order valence-corrected chi connectivity index (χ0v) is 16.0. The molecular weight excluding hydrogens is 330 g/mol. The molecule has 26 heavy (non-hydrogen) atoms. The standard InChI is InChI=1S/C21H27NO4/c1-6-18(16-10-11-19(24-4)20(13-16)25-5)22-21(23)15(3)26-17-9-7-8-14(2)12-17/h7-13,15,18H,6H2,1-5H3,(H,22,23)/t15-,18-/m1/s1. The summed E-state index contributed by atoms with van der Waals surface area (Å²) in [6.45, 7) is 5.76. The highest BCUT2D eigenvalue weighted by Crippen LogP contribution is 2.31. The Hall–Kier alpha value is -2.69. The van der Waals surface area contributed by atoms with E-state index in [1.165, 1.54) is 0 Å². The van der Waals surface area contributed by atoms with Crippen LogP contribution in [-0.2, 0) is 4.79 Å². The first-order valence-corrected chi connectivity index (χ1v) is 8.74. The van der Waals surface area contributed by atoms with Gasteiger partial charge in [-0.25, -0.2) is 0 Å². The maximum absolute atomic E-state index is 12.6. The Bertz CT molecular complexity index is 745. The van der Waals surface area contributed by atoms with Gasteiger partial charge in [0, 0.05) is 0 Å². The van der Waals surface area contributed by atoms with E-state index in [0.29, 0.717) is 17.2 Å². The highest BCUT2D eigenvalue weighted by molar-refractivity contribution is 5.81. The minimum Gasteiger partial charge on any atom is -0.493 e. The molecule has 2 atom stereocenters. The van der Waals surface area contributed by atoms with E-state index in [9.17, 15) is 4.79 Å².